The van der Waals surface area contributed by atoms with E-state index in [0.29, 0.717) is 41.7 Å². The van der Waals surface area contributed by atoms with Gasteiger partial charge in [-0.3, -0.25) is 9.69 Å². The summed E-state index contributed by atoms with van der Waals surface area (Å²) in [6.07, 6.45) is 0. The van der Waals surface area contributed by atoms with Crippen LogP contribution in [-0.4, -0.2) is 61.2 Å². The van der Waals surface area contributed by atoms with Crippen LogP contribution in [0.1, 0.15) is 26.3 Å². The van der Waals surface area contributed by atoms with E-state index in [-0.39, 0.29) is 11.5 Å². The van der Waals surface area contributed by atoms with Crippen molar-refractivity contribution in [3.8, 4) is 5.75 Å². The molecule has 1 saturated heterocycles. The third kappa shape index (κ3) is 6.32. The summed E-state index contributed by atoms with van der Waals surface area (Å²) in [5, 5.41) is 13.3. The standard InChI is InChI=1S/C27H28ClN3O4/c1-19-4-2-3-5-23(19)26(32)29-21-8-11-25(24(18-21)27(33)34)31-14-12-30(13-15-31)16-17-35-22-9-6-20(28)7-10-22/h2-11,18H,12-17H2,1H3,(H,29,32)(H,33,34). The minimum atomic E-state index is -1.02. The Morgan fingerprint density at radius 3 is 2.37 bits per heavy atom. The molecule has 3 aromatic carbocycles. The van der Waals surface area contributed by atoms with Gasteiger partial charge in [0.15, 0.2) is 0 Å². The van der Waals surface area contributed by atoms with E-state index in [4.69, 9.17) is 16.3 Å². The number of amides is 1. The zero-order chi connectivity index (χ0) is 24.8. The van der Waals surface area contributed by atoms with Gasteiger partial charge in [0.2, 0.25) is 0 Å². The molecule has 8 heteroatoms. The fraction of sp³-hybridized carbons (Fsp3) is 0.259. The van der Waals surface area contributed by atoms with E-state index in [9.17, 15) is 14.7 Å². The topological polar surface area (TPSA) is 82.1 Å². The minimum Gasteiger partial charge on any atom is -0.492 e. The van der Waals surface area contributed by atoms with Crippen LogP contribution in [0.25, 0.3) is 0 Å². The summed E-state index contributed by atoms with van der Waals surface area (Å²) in [5.41, 5.74) is 2.70. The van der Waals surface area contributed by atoms with Gasteiger partial charge in [0.1, 0.15) is 12.4 Å². The quantitative estimate of drug-likeness (QED) is 0.469. The predicted octanol–water partition coefficient (Wildman–Crippen LogP) is 4.80. The Labute approximate surface area is 209 Å². The summed E-state index contributed by atoms with van der Waals surface area (Å²) in [4.78, 5) is 29.0. The first kappa shape index (κ1) is 24.6. The Bertz CT molecular complexity index is 1190. The van der Waals surface area contributed by atoms with Crippen LogP contribution in [0, 0.1) is 6.92 Å². The minimum absolute atomic E-state index is 0.173. The van der Waals surface area contributed by atoms with Crippen LogP contribution in [0.2, 0.25) is 5.02 Å². The van der Waals surface area contributed by atoms with E-state index in [1.54, 1.807) is 36.4 Å². The third-order valence-electron chi connectivity index (χ3n) is 6.08. The number of carbonyl (C=O) groups is 2. The van der Waals surface area contributed by atoms with Gasteiger partial charge in [0.25, 0.3) is 5.91 Å². The lowest BCUT2D eigenvalue weighted by Gasteiger charge is -2.36. The second-order valence-electron chi connectivity index (χ2n) is 8.44. The smallest absolute Gasteiger partial charge is 0.337 e. The van der Waals surface area contributed by atoms with Crippen molar-refractivity contribution in [2.75, 3.05) is 49.5 Å². The third-order valence-corrected chi connectivity index (χ3v) is 6.33. The maximum atomic E-state index is 12.6. The normalized spacial score (nSPS) is 13.9. The monoisotopic (exact) mass is 493 g/mol. The molecule has 2 N–H and O–H groups in total. The first-order valence-electron chi connectivity index (χ1n) is 11.5. The van der Waals surface area contributed by atoms with Gasteiger partial charge >= 0.3 is 5.97 Å². The van der Waals surface area contributed by atoms with Gasteiger partial charge < -0.3 is 20.1 Å². The zero-order valence-electron chi connectivity index (χ0n) is 19.5. The molecule has 3 aromatic rings. The predicted molar refractivity (Wildman–Crippen MR) is 138 cm³/mol. The molecular weight excluding hydrogens is 466 g/mol. The van der Waals surface area contributed by atoms with Crippen LogP contribution in [0.4, 0.5) is 11.4 Å². The van der Waals surface area contributed by atoms with Crippen molar-refractivity contribution in [3.05, 3.63) is 88.4 Å². The highest BCUT2D eigenvalue weighted by atomic mass is 35.5. The summed E-state index contributed by atoms with van der Waals surface area (Å²) in [6.45, 7) is 6.23. The van der Waals surface area contributed by atoms with Gasteiger partial charge in [0, 0.05) is 49.0 Å². The van der Waals surface area contributed by atoms with E-state index >= 15 is 0 Å². The molecule has 0 aliphatic carbocycles. The van der Waals surface area contributed by atoms with Gasteiger partial charge in [-0.25, -0.2) is 4.79 Å². The molecule has 0 radical (unpaired) electrons. The van der Waals surface area contributed by atoms with Crippen molar-refractivity contribution in [2.24, 2.45) is 0 Å². The molecule has 1 heterocycles. The number of benzene rings is 3. The van der Waals surface area contributed by atoms with E-state index in [0.717, 1.165) is 30.9 Å². The number of ether oxygens (including phenoxy) is 1. The molecular formula is C27H28ClN3O4. The number of aryl methyl sites for hydroxylation is 1. The van der Waals surface area contributed by atoms with Crippen LogP contribution in [-0.2, 0) is 0 Å². The number of carboxylic acid groups (broad SMARTS) is 1. The highest BCUT2D eigenvalue weighted by Gasteiger charge is 2.22. The number of rotatable bonds is 8. The Morgan fingerprint density at radius 1 is 0.971 bits per heavy atom. The zero-order valence-corrected chi connectivity index (χ0v) is 20.3. The van der Waals surface area contributed by atoms with Gasteiger partial charge in [-0.15, -0.1) is 0 Å². The molecule has 182 valence electrons. The van der Waals surface area contributed by atoms with Crippen molar-refractivity contribution in [1.82, 2.24) is 4.90 Å². The summed E-state index contributed by atoms with van der Waals surface area (Å²) >= 11 is 5.90. The van der Waals surface area contributed by atoms with Gasteiger partial charge in [-0.05, 0) is 61.0 Å². The first-order chi connectivity index (χ1) is 16.9. The number of nitrogens with one attached hydrogen (secondary N) is 1. The molecule has 1 amide bonds. The Balaban J connectivity index is 1.34. The summed E-state index contributed by atoms with van der Waals surface area (Å²) < 4.78 is 5.78. The number of nitrogens with zero attached hydrogens (tertiary/aromatic N) is 2. The van der Waals surface area contributed by atoms with Crippen LogP contribution in [0.5, 0.6) is 5.75 Å². The van der Waals surface area contributed by atoms with Crippen LogP contribution < -0.4 is 15.0 Å². The maximum absolute atomic E-state index is 12.6. The Morgan fingerprint density at radius 2 is 1.69 bits per heavy atom. The maximum Gasteiger partial charge on any atom is 0.337 e. The fourth-order valence-electron chi connectivity index (χ4n) is 4.12. The SMILES string of the molecule is Cc1ccccc1C(=O)Nc1ccc(N2CCN(CCOc3ccc(Cl)cc3)CC2)c(C(=O)O)c1. The molecule has 1 aliphatic rings. The molecule has 1 aliphatic heterocycles. The lowest BCUT2D eigenvalue weighted by atomic mass is 10.1. The van der Waals surface area contributed by atoms with Crippen LogP contribution in [0.3, 0.4) is 0 Å². The average molecular weight is 494 g/mol. The number of piperazine rings is 1. The van der Waals surface area contributed by atoms with E-state index in [2.05, 4.69) is 15.1 Å². The van der Waals surface area contributed by atoms with E-state index < -0.39 is 5.97 Å². The van der Waals surface area contributed by atoms with Gasteiger partial charge in [0.05, 0.1) is 11.3 Å². The summed E-state index contributed by atoms with van der Waals surface area (Å²) in [5.74, 6) is -0.499. The molecule has 4 rings (SSSR count). The summed E-state index contributed by atoms with van der Waals surface area (Å²) in [7, 11) is 0. The van der Waals surface area contributed by atoms with Crippen molar-refractivity contribution >= 4 is 34.9 Å². The van der Waals surface area contributed by atoms with Gasteiger partial charge in [-0.1, -0.05) is 29.8 Å². The van der Waals surface area contributed by atoms with Crippen molar-refractivity contribution < 1.29 is 19.4 Å². The molecule has 0 spiro atoms. The number of halogens is 1. The molecule has 7 nitrogen and oxygen atoms in total. The fourth-order valence-corrected chi connectivity index (χ4v) is 4.25. The summed E-state index contributed by atoms with van der Waals surface area (Å²) in [6, 6.07) is 19.6. The largest absolute Gasteiger partial charge is 0.492 e. The number of anilines is 2. The van der Waals surface area contributed by atoms with Crippen molar-refractivity contribution in [1.29, 1.82) is 0 Å². The number of hydrogen-bond donors (Lipinski definition) is 2. The molecule has 0 atom stereocenters. The van der Waals surface area contributed by atoms with E-state index in [1.807, 2.05) is 31.2 Å². The van der Waals surface area contributed by atoms with E-state index in [1.165, 1.54) is 6.07 Å². The van der Waals surface area contributed by atoms with Crippen molar-refractivity contribution in [2.45, 2.75) is 6.92 Å². The Hall–Kier alpha value is -3.55. The lowest BCUT2D eigenvalue weighted by Crippen LogP contribution is -2.47. The number of carboxylic acids is 1. The second kappa shape index (κ2) is 11.3. The second-order valence-corrected chi connectivity index (χ2v) is 8.87. The Kier molecular flexibility index (Phi) is 7.90. The molecule has 1 fully saturated rings. The molecule has 0 saturated carbocycles. The van der Waals surface area contributed by atoms with Gasteiger partial charge in [-0.2, -0.15) is 0 Å². The number of aromatic carboxylic acids is 1. The highest BCUT2D eigenvalue weighted by molar-refractivity contribution is 6.30. The molecule has 0 aromatic heterocycles. The molecule has 0 unspecified atom stereocenters. The number of hydrogen-bond acceptors (Lipinski definition) is 5. The number of carbonyl (C=O) groups excluding carboxylic acids is 1. The molecule has 0 bridgehead atoms. The van der Waals surface area contributed by atoms with Crippen LogP contribution >= 0.6 is 11.6 Å². The van der Waals surface area contributed by atoms with Crippen LogP contribution in [0.15, 0.2) is 66.7 Å². The lowest BCUT2D eigenvalue weighted by molar-refractivity contribution is 0.0697. The molecule has 35 heavy (non-hydrogen) atoms. The highest BCUT2D eigenvalue weighted by Crippen LogP contribution is 2.26. The average Bonchev–Trinajstić information content (AvgIpc) is 2.86. The first-order valence-corrected chi connectivity index (χ1v) is 11.9. The van der Waals surface area contributed by atoms with Crippen molar-refractivity contribution in [3.63, 3.8) is 0 Å².